The first-order chi connectivity index (χ1) is 15.4. The summed E-state index contributed by atoms with van der Waals surface area (Å²) in [6.45, 7) is 1.86. The molecule has 3 aromatic carbocycles. The van der Waals surface area contributed by atoms with Crippen molar-refractivity contribution in [2.75, 3.05) is 5.32 Å². The minimum absolute atomic E-state index is 0.118. The Morgan fingerprint density at radius 1 is 0.875 bits per heavy atom. The van der Waals surface area contributed by atoms with E-state index in [1.165, 1.54) is 0 Å². The Balaban J connectivity index is 1.56. The average molecular weight is 464 g/mol. The molecule has 0 bridgehead atoms. The summed E-state index contributed by atoms with van der Waals surface area (Å²) < 4.78 is 25.5. The van der Waals surface area contributed by atoms with Crippen molar-refractivity contribution in [3.63, 3.8) is 0 Å². The lowest BCUT2D eigenvalue weighted by molar-refractivity contribution is -0.116. The number of nitrogens with zero attached hydrogens (tertiary/aromatic N) is 2. The maximum absolute atomic E-state index is 13.2. The highest BCUT2D eigenvalue weighted by Gasteiger charge is 2.26. The van der Waals surface area contributed by atoms with Gasteiger partial charge in [0.2, 0.25) is 25.2 Å². The SMILES string of the molecule is Cc1ccccc1CS(=O)(=O)c1nnc(NC(=O)C(c2ccccc2)c2ccccc2)s1. The second-order valence-electron chi connectivity index (χ2n) is 7.30. The van der Waals surface area contributed by atoms with E-state index < -0.39 is 15.8 Å². The van der Waals surface area contributed by atoms with Crippen molar-refractivity contribution in [3.05, 3.63) is 107 Å². The van der Waals surface area contributed by atoms with E-state index in [1.807, 2.05) is 79.7 Å². The van der Waals surface area contributed by atoms with Gasteiger partial charge in [0.25, 0.3) is 0 Å². The van der Waals surface area contributed by atoms with Gasteiger partial charge >= 0.3 is 0 Å². The highest BCUT2D eigenvalue weighted by molar-refractivity contribution is 7.92. The van der Waals surface area contributed by atoms with E-state index in [0.717, 1.165) is 28.0 Å². The molecule has 0 spiro atoms. The van der Waals surface area contributed by atoms with Gasteiger partial charge < -0.3 is 0 Å². The lowest BCUT2D eigenvalue weighted by Crippen LogP contribution is -2.22. The molecule has 0 saturated carbocycles. The van der Waals surface area contributed by atoms with Crippen molar-refractivity contribution in [2.45, 2.75) is 22.9 Å². The van der Waals surface area contributed by atoms with Crippen LogP contribution in [0.5, 0.6) is 0 Å². The molecule has 8 heteroatoms. The molecule has 0 aliphatic carbocycles. The number of rotatable bonds is 7. The number of anilines is 1. The fraction of sp³-hybridized carbons (Fsp3) is 0.125. The van der Waals surface area contributed by atoms with Crippen LogP contribution in [0.3, 0.4) is 0 Å². The zero-order valence-electron chi connectivity index (χ0n) is 17.3. The molecule has 6 nitrogen and oxygen atoms in total. The number of hydrogen-bond donors (Lipinski definition) is 1. The standard InChI is InChI=1S/C24H21N3O3S2/c1-17-10-8-9-15-20(17)16-32(29,30)24-27-26-23(31-24)25-22(28)21(18-11-4-2-5-12-18)19-13-6-3-7-14-19/h2-15,21H,16H2,1H3,(H,25,26,28). The fourth-order valence-corrected chi connectivity index (χ4v) is 5.81. The number of amides is 1. The van der Waals surface area contributed by atoms with Gasteiger partial charge in [0.1, 0.15) is 0 Å². The zero-order chi connectivity index (χ0) is 22.6. The number of benzene rings is 3. The molecule has 0 saturated heterocycles. The fourth-order valence-electron chi connectivity index (χ4n) is 3.39. The monoisotopic (exact) mass is 463 g/mol. The number of carbonyl (C=O) groups excluding carboxylic acids is 1. The third-order valence-corrected chi connectivity index (χ3v) is 7.99. The summed E-state index contributed by atoms with van der Waals surface area (Å²) in [4.78, 5) is 13.2. The van der Waals surface area contributed by atoms with Crippen molar-refractivity contribution >= 4 is 32.2 Å². The van der Waals surface area contributed by atoms with Gasteiger partial charge in [0.05, 0.1) is 11.7 Å². The molecule has 0 aliphatic rings. The van der Waals surface area contributed by atoms with Crippen LogP contribution in [0.4, 0.5) is 5.13 Å². The van der Waals surface area contributed by atoms with Crippen LogP contribution in [0.1, 0.15) is 28.2 Å². The van der Waals surface area contributed by atoms with Crippen molar-refractivity contribution < 1.29 is 13.2 Å². The number of hydrogen-bond acceptors (Lipinski definition) is 6. The molecule has 1 heterocycles. The van der Waals surface area contributed by atoms with Crippen LogP contribution < -0.4 is 5.32 Å². The molecule has 0 atom stereocenters. The third-order valence-electron chi connectivity index (χ3n) is 5.04. The molecule has 0 radical (unpaired) electrons. The molecule has 4 aromatic rings. The summed E-state index contributed by atoms with van der Waals surface area (Å²) >= 11 is 0.859. The Morgan fingerprint density at radius 3 is 2.03 bits per heavy atom. The van der Waals surface area contributed by atoms with Crippen molar-refractivity contribution in [1.82, 2.24) is 10.2 Å². The van der Waals surface area contributed by atoms with Crippen LogP contribution in [-0.4, -0.2) is 24.5 Å². The molecular formula is C24H21N3O3S2. The predicted octanol–water partition coefficient (Wildman–Crippen LogP) is 4.59. The first-order valence-electron chi connectivity index (χ1n) is 9.95. The van der Waals surface area contributed by atoms with Gasteiger partial charge in [-0.05, 0) is 29.2 Å². The first kappa shape index (κ1) is 21.9. The molecule has 0 unspecified atom stereocenters. The van der Waals surface area contributed by atoms with Crippen molar-refractivity contribution in [1.29, 1.82) is 0 Å². The molecule has 0 fully saturated rings. The zero-order valence-corrected chi connectivity index (χ0v) is 18.9. The molecule has 32 heavy (non-hydrogen) atoms. The smallest absolute Gasteiger partial charge is 0.238 e. The van der Waals surface area contributed by atoms with E-state index in [4.69, 9.17) is 0 Å². The number of carbonyl (C=O) groups is 1. The van der Waals surface area contributed by atoms with Crippen LogP contribution in [-0.2, 0) is 20.4 Å². The summed E-state index contributed by atoms with van der Waals surface area (Å²) in [6, 6.07) is 26.1. The van der Waals surface area contributed by atoms with E-state index in [1.54, 1.807) is 12.1 Å². The third kappa shape index (κ3) is 4.92. The number of nitrogens with one attached hydrogen (secondary N) is 1. The van der Waals surface area contributed by atoms with Crippen molar-refractivity contribution in [3.8, 4) is 0 Å². The van der Waals surface area contributed by atoms with Crippen LogP contribution in [0.15, 0.2) is 89.3 Å². The van der Waals surface area contributed by atoms with Gasteiger partial charge in [-0.1, -0.05) is 96.3 Å². The lowest BCUT2D eigenvalue weighted by atomic mass is 9.90. The van der Waals surface area contributed by atoms with Gasteiger partial charge in [-0.3, -0.25) is 10.1 Å². The Hall–Kier alpha value is -3.36. The maximum atomic E-state index is 13.2. The topological polar surface area (TPSA) is 89.0 Å². The first-order valence-corrected chi connectivity index (χ1v) is 12.4. The van der Waals surface area contributed by atoms with E-state index in [0.29, 0.717) is 5.56 Å². The molecule has 1 N–H and O–H groups in total. The van der Waals surface area contributed by atoms with Gasteiger partial charge in [-0.15, -0.1) is 10.2 Å². The Labute approximate surface area is 190 Å². The minimum atomic E-state index is -3.68. The van der Waals surface area contributed by atoms with Gasteiger partial charge in [-0.25, -0.2) is 8.42 Å². The summed E-state index contributed by atoms with van der Waals surface area (Å²) in [5.41, 5.74) is 3.26. The maximum Gasteiger partial charge on any atom is 0.238 e. The van der Waals surface area contributed by atoms with E-state index in [9.17, 15) is 13.2 Å². The molecule has 162 valence electrons. The second kappa shape index (κ2) is 9.42. The van der Waals surface area contributed by atoms with Crippen molar-refractivity contribution in [2.24, 2.45) is 0 Å². The van der Waals surface area contributed by atoms with E-state index >= 15 is 0 Å². The predicted molar refractivity (Wildman–Crippen MR) is 125 cm³/mol. The summed E-state index contributed by atoms with van der Waals surface area (Å²) in [5, 5.41) is 10.6. The average Bonchev–Trinajstić information content (AvgIpc) is 3.26. The molecule has 0 aliphatic heterocycles. The Kier molecular flexibility index (Phi) is 6.43. The van der Waals surface area contributed by atoms with Crippen LogP contribution >= 0.6 is 11.3 Å². The normalized spacial score (nSPS) is 11.4. The van der Waals surface area contributed by atoms with Crippen LogP contribution in [0, 0.1) is 6.92 Å². The number of sulfone groups is 1. The second-order valence-corrected chi connectivity index (χ2v) is 10.4. The van der Waals surface area contributed by atoms with E-state index in [2.05, 4.69) is 15.5 Å². The highest BCUT2D eigenvalue weighted by Crippen LogP contribution is 2.29. The summed E-state index contributed by atoms with van der Waals surface area (Å²) in [6.07, 6.45) is 0. The number of aromatic nitrogens is 2. The summed E-state index contributed by atoms with van der Waals surface area (Å²) in [7, 11) is -3.68. The van der Waals surface area contributed by atoms with Crippen LogP contribution in [0.25, 0.3) is 0 Å². The molecular weight excluding hydrogens is 442 g/mol. The highest BCUT2D eigenvalue weighted by atomic mass is 32.2. The van der Waals surface area contributed by atoms with Gasteiger partial charge in [0, 0.05) is 0 Å². The van der Waals surface area contributed by atoms with Gasteiger partial charge in [0.15, 0.2) is 0 Å². The molecule has 4 rings (SSSR count). The minimum Gasteiger partial charge on any atom is -0.300 e. The number of aryl methyl sites for hydroxylation is 1. The largest absolute Gasteiger partial charge is 0.300 e. The molecule has 1 amide bonds. The Bertz CT molecular complexity index is 1280. The lowest BCUT2D eigenvalue weighted by Gasteiger charge is -2.16. The van der Waals surface area contributed by atoms with Gasteiger partial charge in [-0.2, -0.15) is 0 Å². The van der Waals surface area contributed by atoms with E-state index in [-0.39, 0.29) is 21.1 Å². The van der Waals surface area contributed by atoms with Crippen LogP contribution in [0.2, 0.25) is 0 Å². The summed E-state index contributed by atoms with van der Waals surface area (Å²) in [5.74, 6) is -1.03. The molecule has 1 aromatic heterocycles. The Morgan fingerprint density at radius 2 is 1.44 bits per heavy atom. The quantitative estimate of drug-likeness (QED) is 0.405.